The molecule has 8 N–H and O–H groups in total. The number of hydrogen-bond acceptors (Lipinski definition) is 8. The molecule has 0 fully saturated rings. The predicted molar refractivity (Wildman–Crippen MR) is 58.7 cm³/mol. The molecule has 9 nitrogen and oxygen atoms in total. The van der Waals surface area contributed by atoms with Crippen molar-refractivity contribution in [2.45, 2.75) is 6.54 Å². The fourth-order valence-electron chi connectivity index (χ4n) is 0.919. The third-order valence-corrected chi connectivity index (χ3v) is 1.69. The Hall–Kier alpha value is -2.07. The summed E-state index contributed by atoms with van der Waals surface area (Å²) in [7, 11) is 0. The highest BCUT2D eigenvalue weighted by molar-refractivity contribution is 5.67. The second-order valence-electron chi connectivity index (χ2n) is 2.99. The van der Waals surface area contributed by atoms with E-state index in [0.29, 0.717) is 5.56 Å². The second-order valence-corrected chi connectivity index (χ2v) is 2.99. The summed E-state index contributed by atoms with van der Waals surface area (Å²) in [6.07, 6.45) is 0. The molecule has 0 aliphatic carbocycles. The molecule has 0 amide bonds. The highest BCUT2D eigenvalue weighted by Gasteiger charge is 2.09. The Bertz CT molecular complexity index is 397. The number of nitrogens with one attached hydrogen (secondary N) is 1. The van der Waals surface area contributed by atoms with Crippen molar-refractivity contribution in [3.63, 3.8) is 0 Å². The van der Waals surface area contributed by atoms with Crippen molar-refractivity contribution in [1.82, 2.24) is 5.43 Å². The van der Waals surface area contributed by atoms with Gasteiger partial charge in [-0.2, -0.15) is 0 Å². The fraction of sp³-hybridized carbons (Fsp3) is 0.222. The summed E-state index contributed by atoms with van der Waals surface area (Å²) in [6, 6.07) is 2.74. The zero-order valence-electron chi connectivity index (χ0n) is 9.20. The Morgan fingerprint density at radius 3 is 2.28 bits per heavy atom. The van der Waals surface area contributed by atoms with Gasteiger partial charge in [-0.25, -0.2) is 9.68 Å². The van der Waals surface area contributed by atoms with E-state index >= 15 is 0 Å². The molecule has 0 spiro atoms. The molecule has 18 heavy (non-hydrogen) atoms. The van der Waals surface area contributed by atoms with Crippen LogP contribution in [0.4, 0.5) is 0 Å². The summed E-state index contributed by atoms with van der Waals surface area (Å²) < 4.78 is 0. The van der Waals surface area contributed by atoms with Gasteiger partial charge in [0.25, 0.3) is 0 Å². The molecule has 0 unspecified atom stereocenters. The number of hydrogen-bond donors (Lipinski definition) is 7. The average molecular weight is 262 g/mol. The lowest BCUT2D eigenvalue weighted by Crippen LogP contribution is -2.20. The lowest BCUT2D eigenvalue weighted by atomic mass is 10.2. The summed E-state index contributed by atoms with van der Waals surface area (Å²) in [5, 5.41) is 42.2. The third-order valence-electron chi connectivity index (χ3n) is 1.69. The largest absolute Gasteiger partial charge is 0.504 e. The molecule has 0 heterocycles. The molecule has 1 aromatic rings. The van der Waals surface area contributed by atoms with Crippen molar-refractivity contribution in [1.29, 1.82) is 0 Å². The molecule has 0 saturated carbocycles. The lowest BCUT2D eigenvalue weighted by molar-refractivity contribution is -0.243. The maximum absolute atomic E-state index is 9.31. The monoisotopic (exact) mass is 262 g/mol. The normalized spacial score (nSPS) is 9.44. The van der Waals surface area contributed by atoms with E-state index in [1.54, 1.807) is 0 Å². The molecule has 0 atom stereocenters. The minimum absolute atomic E-state index is 0.222. The molecule has 0 bridgehead atoms. The van der Waals surface area contributed by atoms with Crippen molar-refractivity contribution < 1.29 is 35.4 Å². The minimum Gasteiger partial charge on any atom is -0.504 e. The first-order valence-corrected chi connectivity index (χ1v) is 4.58. The summed E-state index contributed by atoms with van der Waals surface area (Å²) in [5.74, 6) is 2.60. The molecule has 0 saturated heterocycles. The SMILES string of the molecule is NNCc1ccc(O)c(O)c1O.O=C(O)COO. The fourth-order valence-corrected chi connectivity index (χ4v) is 0.919. The number of phenols is 3. The molecule has 0 aliphatic heterocycles. The Labute approximate surface area is 102 Å². The maximum atomic E-state index is 9.31. The number of carboxylic acid groups (broad SMARTS) is 1. The van der Waals surface area contributed by atoms with Crippen LogP contribution in [0, 0.1) is 0 Å². The van der Waals surface area contributed by atoms with Gasteiger partial charge in [-0.3, -0.25) is 16.5 Å². The number of carboxylic acids is 1. The first kappa shape index (κ1) is 15.9. The minimum atomic E-state index is -1.18. The van der Waals surface area contributed by atoms with E-state index in [9.17, 15) is 9.90 Å². The van der Waals surface area contributed by atoms with Crippen LogP contribution in [0.5, 0.6) is 17.2 Å². The molecular formula is C9H14N2O7. The Morgan fingerprint density at radius 1 is 1.28 bits per heavy atom. The van der Waals surface area contributed by atoms with E-state index in [0.717, 1.165) is 0 Å². The molecule has 1 aromatic carbocycles. The van der Waals surface area contributed by atoms with Crippen LogP contribution in [0.15, 0.2) is 12.1 Å². The molecular weight excluding hydrogens is 248 g/mol. The standard InChI is InChI=1S/C7H10N2O3.C2H4O4/c8-9-3-4-1-2-5(10)7(12)6(4)11;3-2(4)1-6-5/h1-2,9-12H,3,8H2;5H,1H2,(H,3,4). The van der Waals surface area contributed by atoms with Gasteiger partial charge in [-0.05, 0) is 6.07 Å². The molecule has 0 radical (unpaired) electrons. The number of rotatable bonds is 4. The van der Waals surface area contributed by atoms with Gasteiger partial charge in [0.2, 0.25) is 5.75 Å². The van der Waals surface area contributed by atoms with E-state index in [1.807, 2.05) is 0 Å². The van der Waals surface area contributed by atoms with Gasteiger partial charge in [-0.1, -0.05) is 6.07 Å². The average Bonchev–Trinajstić information content (AvgIpc) is 2.31. The predicted octanol–water partition coefficient (Wildman–Crippen LogP) is -0.673. The quantitative estimate of drug-likeness (QED) is 0.161. The highest BCUT2D eigenvalue weighted by atomic mass is 17.1. The smallest absolute Gasteiger partial charge is 0.333 e. The number of carbonyl (C=O) groups is 1. The van der Waals surface area contributed by atoms with Gasteiger partial charge < -0.3 is 20.4 Å². The number of aliphatic carboxylic acids is 1. The Kier molecular flexibility index (Phi) is 7.15. The van der Waals surface area contributed by atoms with Crippen LogP contribution in [0.25, 0.3) is 0 Å². The molecule has 0 aromatic heterocycles. The van der Waals surface area contributed by atoms with Gasteiger partial charge in [0, 0.05) is 12.1 Å². The van der Waals surface area contributed by atoms with Crippen molar-refractivity contribution in [3.8, 4) is 17.2 Å². The highest BCUT2D eigenvalue weighted by Crippen LogP contribution is 2.36. The molecule has 0 aliphatic rings. The van der Waals surface area contributed by atoms with Gasteiger partial charge in [0.05, 0.1) is 0 Å². The third kappa shape index (κ3) is 5.32. The van der Waals surface area contributed by atoms with Crippen molar-refractivity contribution in [3.05, 3.63) is 17.7 Å². The van der Waals surface area contributed by atoms with Gasteiger partial charge in [0.15, 0.2) is 18.1 Å². The maximum Gasteiger partial charge on any atom is 0.333 e. The van der Waals surface area contributed by atoms with Crippen molar-refractivity contribution in [2.75, 3.05) is 6.61 Å². The number of aromatic hydroxyl groups is 3. The number of hydrazine groups is 1. The van der Waals surface area contributed by atoms with Crippen LogP contribution in [-0.2, 0) is 16.2 Å². The van der Waals surface area contributed by atoms with Crippen LogP contribution in [0.2, 0.25) is 0 Å². The first-order chi connectivity index (χ1) is 8.43. The second kappa shape index (κ2) is 8.08. The lowest BCUT2D eigenvalue weighted by Gasteiger charge is -2.05. The summed E-state index contributed by atoms with van der Waals surface area (Å²) in [6.45, 7) is -0.431. The number of nitrogens with two attached hydrogens (primary N) is 1. The Balaban J connectivity index is 0.000000411. The number of benzene rings is 1. The van der Waals surface area contributed by atoms with Gasteiger partial charge >= 0.3 is 5.97 Å². The Morgan fingerprint density at radius 2 is 1.89 bits per heavy atom. The van der Waals surface area contributed by atoms with Crippen LogP contribution in [0.1, 0.15) is 5.56 Å². The summed E-state index contributed by atoms with van der Waals surface area (Å²) >= 11 is 0. The zero-order valence-corrected chi connectivity index (χ0v) is 9.20. The van der Waals surface area contributed by atoms with Gasteiger partial charge in [-0.15, -0.1) is 0 Å². The molecule has 9 heteroatoms. The van der Waals surface area contributed by atoms with E-state index < -0.39 is 18.3 Å². The molecule has 1 rings (SSSR count). The van der Waals surface area contributed by atoms with Crippen LogP contribution in [-0.4, -0.2) is 38.3 Å². The number of phenolic OH excluding ortho intramolecular Hbond substituents is 3. The van der Waals surface area contributed by atoms with Crippen LogP contribution < -0.4 is 11.3 Å². The van der Waals surface area contributed by atoms with Gasteiger partial charge in [0.1, 0.15) is 0 Å². The van der Waals surface area contributed by atoms with E-state index in [-0.39, 0.29) is 18.0 Å². The first-order valence-electron chi connectivity index (χ1n) is 4.58. The van der Waals surface area contributed by atoms with E-state index in [4.69, 9.17) is 26.4 Å². The van der Waals surface area contributed by atoms with E-state index in [1.165, 1.54) is 12.1 Å². The van der Waals surface area contributed by atoms with Crippen LogP contribution >= 0.6 is 0 Å². The zero-order chi connectivity index (χ0) is 14.1. The summed E-state index contributed by atoms with van der Waals surface area (Å²) in [5.41, 5.74) is 2.74. The summed E-state index contributed by atoms with van der Waals surface area (Å²) in [4.78, 5) is 12.5. The van der Waals surface area contributed by atoms with E-state index in [2.05, 4.69) is 10.3 Å². The topological polar surface area (TPSA) is 165 Å². The van der Waals surface area contributed by atoms with Crippen molar-refractivity contribution in [2.24, 2.45) is 5.84 Å². The van der Waals surface area contributed by atoms with Crippen molar-refractivity contribution >= 4 is 5.97 Å². The molecule has 102 valence electrons. The van der Waals surface area contributed by atoms with Crippen LogP contribution in [0.3, 0.4) is 0 Å².